The van der Waals surface area contributed by atoms with Gasteiger partial charge in [0.2, 0.25) is 0 Å². The van der Waals surface area contributed by atoms with Gasteiger partial charge in [-0.3, -0.25) is 10.1 Å². The van der Waals surface area contributed by atoms with Crippen LogP contribution in [0.4, 0.5) is 5.69 Å². The van der Waals surface area contributed by atoms with Crippen molar-refractivity contribution in [1.82, 2.24) is 5.32 Å². The van der Waals surface area contributed by atoms with E-state index in [4.69, 9.17) is 0 Å². The van der Waals surface area contributed by atoms with Gasteiger partial charge in [-0.2, -0.15) is 0 Å². The van der Waals surface area contributed by atoms with Crippen molar-refractivity contribution in [3.8, 4) is 0 Å². The monoisotopic (exact) mass is 260 g/mol. The molecule has 1 fully saturated rings. The van der Waals surface area contributed by atoms with Crippen LogP contribution in [0.1, 0.15) is 32.3 Å². The summed E-state index contributed by atoms with van der Waals surface area (Å²) in [6.45, 7) is 5.05. The van der Waals surface area contributed by atoms with Crippen molar-refractivity contribution in [3.05, 3.63) is 45.5 Å². The predicted octanol–water partition coefficient (Wildman–Crippen LogP) is 3.39. The molecule has 0 spiro atoms. The van der Waals surface area contributed by atoms with Crippen LogP contribution in [0.3, 0.4) is 0 Å². The third kappa shape index (κ3) is 3.89. The topological polar surface area (TPSA) is 55.2 Å². The summed E-state index contributed by atoms with van der Waals surface area (Å²) in [4.78, 5) is 10.7. The number of hydrogen-bond donors (Lipinski definition) is 1. The summed E-state index contributed by atoms with van der Waals surface area (Å²) in [6, 6.07) is 7.54. The van der Waals surface area contributed by atoms with Crippen molar-refractivity contribution < 1.29 is 4.92 Å². The third-order valence-corrected chi connectivity index (χ3v) is 3.39. The summed E-state index contributed by atoms with van der Waals surface area (Å²) in [6.07, 6.45) is 4.45. The van der Waals surface area contributed by atoms with Gasteiger partial charge in [-0.15, -0.1) is 0 Å². The molecule has 1 saturated carbocycles. The number of rotatable bonds is 6. The number of nitro groups is 1. The highest BCUT2D eigenvalue weighted by Crippen LogP contribution is 2.24. The molecule has 19 heavy (non-hydrogen) atoms. The van der Waals surface area contributed by atoms with Crippen molar-refractivity contribution in [2.75, 3.05) is 6.54 Å². The highest BCUT2D eigenvalue weighted by molar-refractivity contribution is 5.63. The van der Waals surface area contributed by atoms with Crippen LogP contribution < -0.4 is 5.32 Å². The van der Waals surface area contributed by atoms with E-state index in [9.17, 15) is 10.1 Å². The van der Waals surface area contributed by atoms with E-state index in [0.717, 1.165) is 6.54 Å². The van der Waals surface area contributed by atoms with E-state index in [1.165, 1.54) is 18.4 Å². The zero-order chi connectivity index (χ0) is 13.8. The summed E-state index contributed by atoms with van der Waals surface area (Å²) in [5.41, 5.74) is 2.07. The molecule has 0 atom stereocenters. The molecule has 0 saturated heterocycles. The van der Waals surface area contributed by atoms with E-state index < -0.39 is 0 Å². The first-order chi connectivity index (χ1) is 9.08. The van der Waals surface area contributed by atoms with Gasteiger partial charge in [0, 0.05) is 18.7 Å². The number of benzene rings is 1. The van der Waals surface area contributed by atoms with Gasteiger partial charge < -0.3 is 5.32 Å². The maximum Gasteiger partial charge on any atom is 0.276 e. The molecule has 0 radical (unpaired) electrons. The van der Waals surface area contributed by atoms with Gasteiger partial charge in [0.15, 0.2) is 0 Å². The molecule has 1 N–H and O–H groups in total. The van der Waals surface area contributed by atoms with Gasteiger partial charge in [0.25, 0.3) is 5.69 Å². The Morgan fingerprint density at radius 2 is 2.16 bits per heavy atom. The maximum absolute atomic E-state index is 11.0. The number of nitro benzene ring substituents is 1. The first-order valence-electron chi connectivity index (χ1n) is 6.75. The second-order valence-corrected chi connectivity index (χ2v) is 5.35. The van der Waals surface area contributed by atoms with E-state index in [0.29, 0.717) is 17.5 Å². The maximum atomic E-state index is 11.0. The van der Waals surface area contributed by atoms with Crippen LogP contribution in [0.5, 0.6) is 0 Å². The smallest absolute Gasteiger partial charge is 0.276 e. The molecule has 0 unspecified atom stereocenters. The quantitative estimate of drug-likeness (QED) is 0.630. The standard InChI is InChI=1S/C15H20N2O2/c1-11(2)13(10-16-14-7-8-14)9-12-5-3-4-6-15(12)17(18)19/h3-6,9,11,14,16H,7-8,10H2,1-2H3. The Hall–Kier alpha value is -1.68. The Kier molecular flexibility index (Phi) is 4.32. The SMILES string of the molecule is CC(C)C(=Cc1ccccc1[N+](=O)[O-])CNC1CC1. The zero-order valence-corrected chi connectivity index (χ0v) is 11.4. The summed E-state index contributed by atoms with van der Waals surface area (Å²) in [7, 11) is 0. The first-order valence-corrected chi connectivity index (χ1v) is 6.75. The minimum absolute atomic E-state index is 0.173. The molecule has 0 heterocycles. The first kappa shape index (κ1) is 13.7. The highest BCUT2D eigenvalue weighted by Gasteiger charge is 2.21. The lowest BCUT2D eigenvalue weighted by Gasteiger charge is -2.12. The molecular formula is C15H20N2O2. The van der Waals surface area contributed by atoms with Gasteiger partial charge in [-0.05, 0) is 30.9 Å². The largest absolute Gasteiger partial charge is 0.310 e. The molecule has 4 heteroatoms. The van der Waals surface area contributed by atoms with Crippen LogP contribution in [0.25, 0.3) is 6.08 Å². The van der Waals surface area contributed by atoms with Crippen molar-refractivity contribution in [2.45, 2.75) is 32.7 Å². The van der Waals surface area contributed by atoms with E-state index in [2.05, 4.69) is 19.2 Å². The molecule has 0 amide bonds. The van der Waals surface area contributed by atoms with Gasteiger partial charge in [0.05, 0.1) is 10.5 Å². The number of nitrogens with zero attached hydrogens (tertiary/aromatic N) is 1. The lowest BCUT2D eigenvalue weighted by Crippen LogP contribution is -2.21. The van der Waals surface area contributed by atoms with Gasteiger partial charge in [-0.25, -0.2) is 0 Å². The Labute approximate surface area is 113 Å². The predicted molar refractivity (Wildman–Crippen MR) is 76.9 cm³/mol. The average Bonchev–Trinajstić information content (AvgIpc) is 3.18. The third-order valence-electron chi connectivity index (χ3n) is 3.39. The molecule has 0 aromatic heterocycles. The number of hydrogen-bond acceptors (Lipinski definition) is 3. The second-order valence-electron chi connectivity index (χ2n) is 5.35. The Bertz CT molecular complexity index is 491. The normalized spacial score (nSPS) is 15.8. The van der Waals surface area contributed by atoms with Gasteiger partial charge in [0.1, 0.15) is 0 Å². The summed E-state index contributed by atoms with van der Waals surface area (Å²) in [5.74, 6) is 0.381. The molecule has 2 rings (SSSR count). The Balaban J connectivity index is 2.21. The highest BCUT2D eigenvalue weighted by atomic mass is 16.6. The Morgan fingerprint density at radius 3 is 2.74 bits per heavy atom. The van der Waals surface area contributed by atoms with Crippen LogP contribution in [0.2, 0.25) is 0 Å². The van der Waals surface area contributed by atoms with E-state index in [-0.39, 0.29) is 10.6 Å². The lowest BCUT2D eigenvalue weighted by molar-refractivity contribution is -0.385. The molecule has 1 aliphatic rings. The fourth-order valence-electron chi connectivity index (χ4n) is 1.95. The van der Waals surface area contributed by atoms with Crippen molar-refractivity contribution in [1.29, 1.82) is 0 Å². The molecule has 102 valence electrons. The molecule has 1 aromatic carbocycles. The van der Waals surface area contributed by atoms with Crippen molar-refractivity contribution in [3.63, 3.8) is 0 Å². The van der Waals surface area contributed by atoms with E-state index in [1.54, 1.807) is 18.2 Å². The van der Waals surface area contributed by atoms with Gasteiger partial charge >= 0.3 is 0 Å². The molecular weight excluding hydrogens is 240 g/mol. The van der Waals surface area contributed by atoms with Crippen LogP contribution in [0.15, 0.2) is 29.8 Å². The van der Waals surface area contributed by atoms with Crippen LogP contribution >= 0.6 is 0 Å². The lowest BCUT2D eigenvalue weighted by atomic mass is 9.99. The minimum Gasteiger partial charge on any atom is -0.310 e. The molecule has 0 bridgehead atoms. The summed E-state index contributed by atoms with van der Waals surface area (Å²) in [5, 5.41) is 14.5. The molecule has 4 nitrogen and oxygen atoms in total. The van der Waals surface area contributed by atoms with Crippen molar-refractivity contribution in [2.24, 2.45) is 5.92 Å². The van der Waals surface area contributed by atoms with Crippen LogP contribution in [-0.4, -0.2) is 17.5 Å². The van der Waals surface area contributed by atoms with E-state index in [1.807, 2.05) is 12.1 Å². The summed E-state index contributed by atoms with van der Waals surface area (Å²) < 4.78 is 0. The van der Waals surface area contributed by atoms with Gasteiger partial charge in [-0.1, -0.05) is 31.6 Å². The Morgan fingerprint density at radius 1 is 1.47 bits per heavy atom. The van der Waals surface area contributed by atoms with E-state index >= 15 is 0 Å². The fraction of sp³-hybridized carbons (Fsp3) is 0.467. The minimum atomic E-state index is -0.321. The summed E-state index contributed by atoms with van der Waals surface area (Å²) >= 11 is 0. The van der Waals surface area contributed by atoms with Crippen LogP contribution in [-0.2, 0) is 0 Å². The second kappa shape index (κ2) is 5.97. The fourth-order valence-corrected chi connectivity index (χ4v) is 1.95. The number of para-hydroxylation sites is 1. The zero-order valence-electron chi connectivity index (χ0n) is 11.4. The molecule has 1 aromatic rings. The van der Waals surface area contributed by atoms with Crippen LogP contribution in [0, 0.1) is 16.0 Å². The molecule has 1 aliphatic carbocycles. The molecule has 0 aliphatic heterocycles. The average molecular weight is 260 g/mol. The number of nitrogens with one attached hydrogen (secondary N) is 1. The van der Waals surface area contributed by atoms with Crippen molar-refractivity contribution >= 4 is 11.8 Å².